The number of aromatic nitrogens is 1. The zero-order chi connectivity index (χ0) is 21.1. The molecule has 1 atom stereocenters. The van der Waals surface area contributed by atoms with Crippen molar-refractivity contribution in [3.05, 3.63) is 29.4 Å². The number of nitrogens with zero attached hydrogens (tertiary/aromatic N) is 1. The fraction of sp³-hybridized carbons (Fsp3) is 0.625. The van der Waals surface area contributed by atoms with Gasteiger partial charge >= 0.3 is 0 Å². The summed E-state index contributed by atoms with van der Waals surface area (Å²) in [6.45, 7) is 2.24. The van der Waals surface area contributed by atoms with Gasteiger partial charge in [0.2, 0.25) is 5.88 Å². The zero-order valence-corrected chi connectivity index (χ0v) is 19.6. The van der Waals surface area contributed by atoms with Gasteiger partial charge in [-0.05, 0) is 91.4 Å². The van der Waals surface area contributed by atoms with Crippen LogP contribution in [0.25, 0.3) is 10.8 Å². The molecule has 0 radical (unpaired) electrons. The molecule has 4 rings (SSSR count). The Labute approximate surface area is 189 Å². The van der Waals surface area contributed by atoms with Gasteiger partial charge in [-0.15, -0.1) is 0 Å². The number of halogens is 1. The van der Waals surface area contributed by atoms with E-state index in [2.05, 4.69) is 23.7 Å². The summed E-state index contributed by atoms with van der Waals surface area (Å²) < 4.78 is 11.8. The summed E-state index contributed by atoms with van der Waals surface area (Å²) in [5, 5.41) is 2.54. The van der Waals surface area contributed by atoms with Gasteiger partial charge < -0.3 is 15.2 Å². The molecule has 1 aromatic carbocycles. The number of methoxy groups -OCH3 is 1. The van der Waals surface area contributed by atoms with Gasteiger partial charge in [0.05, 0.1) is 18.2 Å². The first-order valence-electron chi connectivity index (χ1n) is 11.2. The molecule has 1 aliphatic heterocycles. The molecule has 6 heteroatoms. The summed E-state index contributed by atoms with van der Waals surface area (Å²) >= 11 is 8.67. The minimum atomic E-state index is 0.193. The third-order valence-corrected chi connectivity index (χ3v) is 8.69. The summed E-state index contributed by atoms with van der Waals surface area (Å²) in [5.74, 6) is 4.67. The molecule has 2 N–H and O–H groups in total. The van der Waals surface area contributed by atoms with Gasteiger partial charge in [-0.1, -0.05) is 18.5 Å². The third kappa shape index (κ3) is 4.26. The van der Waals surface area contributed by atoms with Crippen LogP contribution in [0.4, 0.5) is 0 Å². The molecule has 0 amide bonds. The van der Waals surface area contributed by atoms with Gasteiger partial charge in [-0.2, -0.15) is 11.8 Å². The fourth-order valence-electron chi connectivity index (χ4n) is 5.59. The lowest BCUT2D eigenvalue weighted by molar-refractivity contribution is 0.0102. The summed E-state index contributed by atoms with van der Waals surface area (Å²) in [6.07, 6.45) is 10.0. The van der Waals surface area contributed by atoms with E-state index in [4.69, 9.17) is 26.8 Å². The van der Waals surface area contributed by atoms with Crippen LogP contribution >= 0.6 is 23.4 Å². The van der Waals surface area contributed by atoms with Crippen LogP contribution in [0.5, 0.6) is 11.6 Å². The molecule has 0 bridgehead atoms. The number of hydrogen-bond donors (Lipinski definition) is 1. The average Bonchev–Trinajstić information content (AvgIpc) is 2.80. The highest BCUT2D eigenvalue weighted by molar-refractivity contribution is 7.99. The molecule has 1 saturated heterocycles. The molecule has 30 heavy (non-hydrogen) atoms. The van der Waals surface area contributed by atoms with Gasteiger partial charge in [0, 0.05) is 17.6 Å². The topological polar surface area (TPSA) is 57.4 Å². The minimum absolute atomic E-state index is 0.193. The number of rotatable bonds is 6. The van der Waals surface area contributed by atoms with Crippen molar-refractivity contribution in [2.45, 2.75) is 64.0 Å². The van der Waals surface area contributed by atoms with Crippen LogP contribution in [-0.2, 0) is 0 Å². The SMILES string of the molecule is CCC(N)C1(C2CCSCC2)CCC(Oc2cc3ccnc(OC)c3cc2Cl)CC1. The highest BCUT2D eigenvalue weighted by Crippen LogP contribution is 2.51. The molecule has 1 saturated carbocycles. The Balaban J connectivity index is 1.49. The molecule has 2 aromatic rings. The second-order valence-corrected chi connectivity index (χ2v) is 10.4. The van der Waals surface area contributed by atoms with Crippen molar-refractivity contribution in [3.8, 4) is 11.6 Å². The van der Waals surface area contributed by atoms with Crippen LogP contribution in [-0.4, -0.2) is 35.7 Å². The van der Waals surface area contributed by atoms with E-state index in [1.54, 1.807) is 13.3 Å². The van der Waals surface area contributed by atoms with E-state index in [-0.39, 0.29) is 17.6 Å². The van der Waals surface area contributed by atoms with Crippen LogP contribution in [0.2, 0.25) is 5.02 Å². The van der Waals surface area contributed by atoms with Crippen molar-refractivity contribution in [2.75, 3.05) is 18.6 Å². The Hall–Kier alpha value is -1.17. The molecule has 1 unspecified atom stereocenters. The standard InChI is InChI=1S/C24H33ClN2O2S/c1-3-22(26)24(17-7-12-30-13-8-17)9-4-18(5-10-24)29-21-14-16-6-11-27-23(28-2)19(16)15-20(21)25/h6,11,14-15,17-18,22H,3-5,7-10,12-13,26H2,1-2H3. The van der Waals surface area contributed by atoms with Crippen LogP contribution in [0.15, 0.2) is 24.4 Å². The zero-order valence-electron chi connectivity index (χ0n) is 18.0. The van der Waals surface area contributed by atoms with Crippen molar-refractivity contribution in [3.63, 3.8) is 0 Å². The maximum Gasteiger partial charge on any atom is 0.221 e. The molecule has 1 aromatic heterocycles. The van der Waals surface area contributed by atoms with Gasteiger partial charge in [-0.3, -0.25) is 0 Å². The number of fused-ring (bicyclic) bond motifs is 1. The van der Waals surface area contributed by atoms with E-state index >= 15 is 0 Å². The first-order valence-corrected chi connectivity index (χ1v) is 12.7. The maximum absolute atomic E-state index is 6.74. The van der Waals surface area contributed by atoms with E-state index in [1.165, 1.54) is 24.3 Å². The van der Waals surface area contributed by atoms with Crippen LogP contribution in [0.3, 0.4) is 0 Å². The summed E-state index contributed by atoms with van der Waals surface area (Å²) in [7, 11) is 1.63. The molecule has 2 fully saturated rings. The van der Waals surface area contributed by atoms with Crippen LogP contribution in [0, 0.1) is 11.3 Å². The summed E-state index contributed by atoms with van der Waals surface area (Å²) in [5.41, 5.74) is 7.02. The Morgan fingerprint density at radius 3 is 2.63 bits per heavy atom. The van der Waals surface area contributed by atoms with Gasteiger partial charge in [0.1, 0.15) is 5.75 Å². The molecule has 4 nitrogen and oxygen atoms in total. The van der Waals surface area contributed by atoms with Gasteiger partial charge in [0.15, 0.2) is 0 Å². The van der Waals surface area contributed by atoms with Crippen molar-refractivity contribution in [2.24, 2.45) is 17.1 Å². The third-order valence-electron chi connectivity index (χ3n) is 7.34. The predicted molar refractivity (Wildman–Crippen MR) is 127 cm³/mol. The smallest absolute Gasteiger partial charge is 0.221 e. The fourth-order valence-corrected chi connectivity index (χ4v) is 6.90. The lowest BCUT2D eigenvalue weighted by Crippen LogP contribution is -2.51. The number of thioether (sulfide) groups is 1. The number of pyridine rings is 1. The van der Waals surface area contributed by atoms with Crippen LogP contribution in [0.1, 0.15) is 51.9 Å². The molecule has 2 aliphatic rings. The Kier molecular flexibility index (Phi) is 7.01. The highest BCUT2D eigenvalue weighted by atomic mass is 35.5. The lowest BCUT2D eigenvalue weighted by Gasteiger charge is -2.50. The summed E-state index contributed by atoms with van der Waals surface area (Å²) in [6, 6.07) is 6.17. The summed E-state index contributed by atoms with van der Waals surface area (Å²) in [4.78, 5) is 4.26. The second-order valence-electron chi connectivity index (χ2n) is 8.78. The normalized spacial score (nSPS) is 26.5. The first-order chi connectivity index (χ1) is 14.6. The van der Waals surface area contributed by atoms with Crippen molar-refractivity contribution in [1.29, 1.82) is 0 Å². The molecular formula is C24H33ClN2O2S. The lowest BCUT2D eigenvalue weighted by atomic mass is 9.59. The number of benzene rings is 1. The highest BCUT2D eigenvalue weighted by Gasteiger charge is 2.46. The molecule has 0 spiro atoms. The maximum atomic E-state index is 6.74. The minimum Gasteiger partial charge on any atom is -0.489 e. The van der Waals surface area contributed by atoms with E-state index in [9.17, 15) is 0 Å². The van der Waals surface area contributed by atoms with Gasteiger partial charge in [-0.25, -0.2) is 4.98 Å². The quantitative estimate of drug-likeness (QED) is 0.579. The molecular weight excluding hydrogens is 416 g/mol. The van der Waals surface area contributed by atoms with E-state index < -0.39 is 0 Å². The van der Waals surface area contributed by atoms with Crippen LogP contribution < -0.4 is 15.2 Å². The van der Waals surface area contributed by atoms with Crippen molar-refractivity contribution >= 4 is 34.1 Å². The molecule has 1 aliphatic carbocycles. The monoisotopic (exact) mass is 448 g/mol. The first kappa shape index (κ1) is 22.0. The van der Waals surface area contributed by atoms with E-state index in [0.717, 1.165) is 54.5 Å². The predicted octanol–water partition coefficient (Wildman–Crippen LogP) is 6.09. The van der Waals surface area contributed by atoms with E-state index in [0.29, 0.717) is 10.9 Å². The van der Waals surface area contributed by atoms with Gasteiger partial charge in [0.25, 0.3) is 0 Å². The Bertz CT molecular complexity index is 864. The number of nitrogens with two attached hydrogens (primary N) is 1. The Morgan fingerprint density at radius 1 is 1.23 bits per heavy atom. The largest absolute Gasteiger partial charge is 0.489 e. The molecule has 164 valence electrons. The second kappa shape index (κ2) is 9.54. The molecule has 2 heterocycles. The number of hydrogen-bond acceptors (Lipinski definition) is 5. The number of ether oxygens (including phenoxy) is 2. The Morgan fingerprint density at radius 2 is 1.97 bits per heavy atom. The average molecular weight is 449 g/mol. The van der Waals surface area contributed by atoms with Crippen molar-refractivity contribution < 1.29 is 9.47 Å². The van der Waals surface area contributed by atoms with Crippen molar-refractivity contribution in [1.82, 2.24) is 4.98 Å². The van der Waals surface area contributed by atoms with E-state index in [1.807, 2.05) is 18.2 Å².